The molecule has 0 spiro atoms. The van der Waals surface area contributed by atoms with Gasteiger partial charge in [-0.1, -0.05) is 0 Å². The smallest absolute Gasteiger partial charge is 0.408 e. The van der Waals surface area contributed by atoms with E-state index in [2.05, 4.69) is 5.32 Å². The van der Waals surface area contributed by atoms with Gasteiger partial charge in [0.15, 0.2) is 0 Å². The SMILES string of the molecule is CC(C)(C)OC(=O)N[C@H](CC1CCOC1)C(=O)O. The minimum atomic E-state index is -1.05. The number of amides is 1. The maximum absolute atomic E-state index is 11.5. The lowest BCUT2D eigenvalue weighted by Gasteiger charge is -2.22. The third-order valence-electron chi connectivity index (χ3n) is 2.58. The lowest BCUT2D eigenvalue weighted by Crippen LogP contribution is -2.44. The van der Waals surface area contributed by atoms with Crippen LogP contribution in [-0.4, -0.2) is 42.0 Å². The zero-order chi connectivity index (χ0) is 13.8. The Labute approximate surface area is 107 Å². The van der Waals surface area contributed by atoms with Crippen LogP contribution in [-0.2, 0) is 14.3 Å². The van der Waals surface area contributed by atoms with Gasteiger partial charge in [0.1, 0.15) is 11.6 Å². The van der Waals surface area contributed by atoms with Crippen molar-refractivity contribution in [1.29, 1.82) is 0 Å². The lowest BCUT2D eigenvalue weighted by atomic mass is 9.99. The Morgan fingerprint density at radius 3 is 2.61 bits per heavy atom. The number of aliphatic carboxylic acids is 1. The molecular weight excluding hydrogens is 238 g/mol. The number of alkyl carbamates (subject to hydrolysis) is 1. The molecule has 104 valence electrons. The number of hydrogen-bond acceptors (Lipinski definition) is 4. The average molecular weight is 259 g/mol. The fraction of sp³-hybridized carbons (Fsp3) is 0.833. The Morgan fingerprint density at radius 1 is 1.50 bits per heavy atom. The molecule has 0 radical (unpaired) electrons. The van der Waals surface area contributed by atoms with Gasteiger partial charge in [-0.25, -0.2) is 9.59 Å². The largest absolute Gasteiger partial charge is 0.480 e. The van der Waals surface area contributed by atoms with E-state index in [-0.39, 0.29) is 5.92 Å². The molecule has 1 aliphatic heterocycles. The highest BCUT2D eigenvalue weighted by Crippen LogP contribution is 2.18. The molecule has 2 atom stereocenters. The van der Waals surface area contributed by atoms with E-state index in [9.17, 15) is 9.59 Å². The van der Waals surface area contributed by atoms with Gasteiger partial charge in [-0.15, -0.1) is 0 Å². The molecule has 1 heterocycles. The minimum absolute atomic E-state index is 0.182. The van der Waals surface area contributed by atoms with E-state index in [1.165, 1.54) is 0 Å². The van der Waals surface area contributed by atoms with Gasteiger partial charge in [0.2, 0.25) is 0 Å². The van der Waals surface area contributed by atoms with Crippen molar-refractivity contribution in [2.45, 2.75) is 45.3 Å². The first-order chi connectivity index (χ1) is 8.28. The normalized spacial score (nSPS) is 21.4. The predicted molar refractivity (Wildman–Crippen MR) is 64.3 cm³/mol. The van der Waals surface area contributed by atoms with E-state index < -0.39 is 23.7 Å². The van der Waals surface area contributed by atoms with E-state index in [0.717, 1.165) is 6.42 Å². The summed E-state index contributed by atoms with van der Waals surface area (Å²) in [6, 6.07) is -0.924. The summed E-state index contributed by atoms with van der Waals surface area (Å²) in [6.45, 7) is 6.40. The van der Waals surface area contributed by atoms with Gasteiger partial charge in [-0.3, -0.25) is 0 Å². The van der Waals surface area contributed by atoms with Crippen LogP contribution in [0, 0.1) is 5.92 Å². The van der Waals surface area contributed by atoms with Crippen molar-refractivity contribution in [3.8, 4) is 0 Å². The van der Waals surface area contributed by atoms with Crippen LogP contribution in [0.1, 0.15) is 33.6 Å². The van der Waals surface area contributed by atoms with E-state index in [1.54, 1.807) is 20.8 Å². The maximum atomic E-state index is 11.5. The molecule has 1 rings (SSSR count). The second-order valence-corrected chi connectivity index (χ2v) is 5.50. The van der Waals surface area contributed by atoms with Gasteiger partial charge >= 0.3 is 12.1 Å². The van der Waals surface area contributed by atoms with E-state index in [4.69, 9.17) is 14.6 Å². The van der Waals surface area contributed by atoms with Crippen molar-refractivity contribution in [1.82, 2.24) is 5.32 Å². The second kappa shape index (κ2) is 6.04. The molecule has 0 saturated carbocycles. The number of hydrogen-bond donors (Lipinski definition) is 2. The first kappa shape index (κ1) is 14.8. The summed E-state index contributed by atoms with van der Waals surface area (Å²) < 4.78 is 10.2. The van der Waals surface area contributed by atoms with Crippen molar-refractivity contribution in [2.75, 3.05) is 13.2 Å². The van der Waals surface area contributed by atoms with E-state index in [1.807, 2.05) is 0 Å². The summed E-state index contributed by atoms with van der Waals surface area (Å²) in [5.74, 6) is -0.867. The van der Waals surface area contributed by atoms with Crippen molar-refractivity contribution in [3.05, 3.63) is 0 Å². The molecule has 0 aromatic carbocycles. The van der Waals surface area contributed by atoms with Crippen molar-refractivity contribution >= 4 is 12.1 Å². The first-order valence-electron chi connectivity index (χ1n) is 6.08. The summed E-state index contributed by atoms with van der Waals surface area (Å²) in [5, 5.41) is 11.5. The number of carbonyl (C=O) groups excluding carboxylic acids is 1. The summed E-state index contributed by atoms with van der Waals surface area (Å²) in [5.41, 5.74) is -0.635. The molecule has 0 aromatic heterocycles. The van der Waals surface area contributed by atoms with Crippen LogP contribution in [0.25, 0.3) is 0 Å². The Hall–Kier alpha value is -1.30. The molecule has 0 aliphatic carbocycles. The fourth-order valence-electron chi connectivity index (χ4n) is 1.77. The van der Waals surface area contributed by atoms with Gasteiger partial charge < -0.3 is 19.9 Å². The molecule has 6 nitrogen and oxygen atoms in total. The molecule has 2 N–H and O–H groups in total. The molecule has 1 amide bonds. The Bertz CT molecular complexity index is 304. The molecule has 18 heavy (non-hydrogen) atoms. The first-order valence-corrected chi connectivity index (χ1v) is 6.08. The summed E-state index contributed by atoms with van der Waals surface area (Å²) >= 11 is 0. The van der Waals surface area contributed by atoms with Crippen LogP contribution in [0.3, 0.4) is 0 Å². The highest BCUT2D eigenvalue weighted by atomic mass is 16.6. The van der Waals surface area contributed by atoms with Crippen LogP contribution in [0.15, 0.2) is 0 Å². The molecule has 1 fully saturated rings. The van der Waals surface area contributed by atoms with Gasteiger partial charge in [-0.2, -0.15) is 0 Å². The number of ether oxygens (including phenoxy) is 2. The minimum Gasteiger partial charge on any atom is -0.480 e. The molecule has 0 bridgehead atoms. The predicted octanol–water partition coefficient (Wildman–Crippen LogP) is 1.39. The van der Waals surface area contributed by atoms with Crippen molar-refractivity contribution < 1.29 is 24.2 Å². The molecule has 1 unspecified atom stereocenters. The fourth-order valence-corrected chi connectivity index (χ4v) is 1.77. The molecule has 1 aliphatic rings. The summed E-state index contributed by atoms with van der Waals surface area (Å²) in [7, 11) is 0. The van der Waals surface area contributed by atoms with Gasteiger partial charge in [0, 0.05) is 13.2 Å². The highest BCUT2D eigenvalue weighted by molar-refractivity contribution is 5.80. The zero-order valence-electron chi connectivity index (χ0n) is 11.1. The van der Waals surface area contributed by atoms with Gasteiger partial charge in [-0.05, 0) is 39.5 Å². The van der Waals surface area contributed by atoms with Gasteiger partial charge in [0.25, 0.3) is 0 Å². The summed E-state index contributed by atoms with van der Waals surface area (Å²) in [4.78, 5) is 22.6. The summed E-state index contributed by atoms with van der Waals surface area (Å²) in [6.07, 6.45) is 0.503. The van der Waals surface area contributed by atoms with E-state index in [0.29, 0.717) is 19.6 Å². The molecule has 0 aromatic rings. The number of carboxylic acid groups (broad SMARTS) is 1. The standard InChI is InChI=1S/C12H21NO5/c1-12(2,3)18-11(16)13-9(10(14)15)6-8-4-5-17-7-8/h8-9H,4-7H2,1-3H3,(H,13,16)(H,14,15)/t8?,9-/m1/s1. The molecule has 1 saturated heterocycles. The van der Waals surface area contributed by atoms with Crippen LogP contribution < -0.4 is 5.32 Å². The van der Waals surface area contributed by atoms with Crippen LogP contribution in [0.4, 0.5) is 4.79 Å². The zero-order valence-corrected chi connectivity index (χ0v) is 11.1. The van der Waals surface area contributed by atoms with Crippen LogP contribution in [0.2, 0.25) is 0 Å². The van der Waals surface area contributed by atoms with Gasteiger partial charge in [0.05, 0.1) is 0 Å². The van der Waals surface area contributed by atoms with E-state index >= 15 is 0 Å². The maximum Gasteiger partial charge on any atom is 0.408 e. The topological polar surface area (TPSA) is 84.9 Å². The third kappa shape index (κ3) is 5.35. The number of rotatable bonds is 4. The van der Waals surface area contributed by atoms with Crippen LogP contribution >= 0.6 is 0 Å². The third-order valence-corrected chi connectivity index (χ3v) is 2.58. The Kier molecular flexibility index (Phi) is 4.95. The average Bonchev–Trinajstić information content (AvgIpc) is 2.66. The molecular formula is C12H21NO5. The number of carboxylic acids is 1. The monoisotopic (exact) mass is 259 g/mol. The number of nitrogens with one attached hydrogen (secondary N) is 1. The number of carbonyl (C=O) groups is 2. The quantitative estimate of drug-likeness (QED) is 0.797. The lowest BCUT2D eigenvalue weighted by molar-refractivity contribution is -0.140. The van der Waals surface area contributed by atoms with Crippen molar-refractivity contribution in [3.63, 3.8) is 0 Å². The Balaban J connectivity index is 2.46. The van der Waals surface area contributed by atoms with Crippen molar-refractivity contribution in [2.24, 2.45) is 5.92 Å². The van der Waals surface area contributed by atoms with Crippen LogP contribution in [0.5, 0.6) is 0 Å². The molecule has 6 heteroatoms. The second-order valence-electron chi connectivity index (χ2n) is 5.50. The highest BCUT2D eigenvalue weighted by Gasteiger charge is 2.28. The Morgan fingerprint density at radius 2 is 2.17 bits per heavy atom.